The zero-order valence-electron chi connectivity index (χ0n) is 24.1. The molecule has 9 nitrogen and oxygen atoms in total. The summed E-state index contributed by atoms with van der Waals surface area (Å²) in [4.78, 5) is 35.2. The van der Waals surface area contributed by atoms with Crippen molar-refractivity contribution in [3.63, 3.8) is 0 Å². The standard InChI is InChI=1S/C31H37F3N4O5/c1-41-27-17-42-10-8-26(27)36-23-12-22-16-38(28(39)18-43-24-5-3-2-4-6-24)19-30(22,13-23)29(40)37-9-7-25-20(15-37)11-21(14-35-25)31(32,33)34/h2-6,11,14,22-23,26-27,36H,7-10,12-13,15-19H2,1H3. The minimum atomic E-state index is -4.51. The molecule has 232 valence electrons. The van der Waals surface area contributed by atoms with Crippen LogP contribution >= 0.6 is 0 Å². The van der Waals surface area contributed by atoms with Crippen LogP contribution in [0.15, 0.2) is 42.6 Å². The van der Waals surface area contributed by atoms with Crippen molar-refractivity contribution in [1.29, 1.82) is 0 Å². The fourth-order valence-corrected chi connectivity index (χ4v) is 7.28. The van der Waals surface area contributed by atoms with E-state index in [4.69, 9.17) is 14.2 Å². The lowest BCUT2D eigenvalue weighted by Crippen LogP contribution is -2.52. The number of halogens is 3. The summed E-state index contributed by atoms with van der Waals surface area (Å²) in [6, 6.07) is 10.3. The van der Waals surface area contributed by atoms with Crippen LogP contribution in [0.1, 0.15) is 36.1 Å². The zero-order chi connectivity index (χ0) is 30.2. The molecule has 2 amide bonds. The summed E-state index contributed by atoms with van der Waals surface area (Å²) in [5.74, 6) is 0.189. The molecule has 1 N–H and O–H groups in total. The van der Waals surface area contributed by atoms with Gasteiger partial charge in [-0.15, -0.1) is 0 Å². The highest BCUT2D eigenvalue weighted by Gasteiger charge is 2.59. The Morgan fingerprint density at radius 3 is 2.79 bits per heavy atom. The summed E-state index contributed by atoms with van der Waals surface area (Å²) < 4.78 is 57.2. The number of amides is 2. The number of nitrogens with zero attached hydrogens (tertiary/aromatic N) is 3. The Morgan fingerprint density at radius 2 is 2.02 bits per heavy atom. The first-order valence-electron chi connectivity index (χ1n) is 14.8. The highest BCUT2D eigenvalue weighted by atomic mass is 19.4. The van der Waals surface area contributed by atoms with Gasteiger partial charge in [-0.1, -0.05) is 18.2 Å². The molecule has 4 aliphatic rings. The Labute approximate surface area is 248 Å². The number of hydrogen-bond donors (Lipinski definition) is 1. The lowest BCUT2D eigenvalue weighted by Gasteiger charge is -2.37. The van der Waals surface area contributed by atoms with Crippen LogP contribution in [0.2, 0.25) is 0 Å². The third-order valence-corrected chi connectivity index (χ3v) is 9.47. The van der Waals surface area contributed by atoms with Crippen molar-refractivity contribution in [2.45, 2.75) is 56.6 Å². The van der Waals surface area contributed by atoms with Crippen LogP contribution in [0.5, 0.6) is 5.75 Å². The molecule has 5 atom stereocenters. The molecule has 4 heterocycles. The molecule has 1 saturated carbocycles. The highest BCUT2D eigenvalue weighted by molar-refractivity contribution is 5.87. The van der Waals surface area contributed by atoms with Gasteiger partial charge < -0.3 is 29.3 Å². The highest BCUT2D eigenvalue weighted by Crippen LogP contribution is 2.51. The van der Waals surface area contributed by atoms with Gasteiger partial charge in [0.05, 0.1) is 23.7 Å². The van der Waals surface area contributed by atoms with Crippen molar-refractivity contribution >= 4 is 11.8 Å². The van der Waals surface area contributed by atoms with E-state index in [1.807, 2.05) is 18.2 Å². The Balaban J connectivity index is 1.21. The maximum atomic E-state index is 14.4. The Morgan fingerprint density at radius 1 is 1.21 bits per heavy atom. The van der Waals surface area contributed by atoms with Gasteiger partial charge in [0.2, 0.25) is 5.91 Å². The fourth-order valence-electron chi connectivity index (χ4n) is 7.28. The van der Waals surface area contributed by atoms with Crippen molar-refractivity contribution in [2.75, 3.05) is 46.6 Å². The summed E-state index contributed by atoms with van der Waals surface area (Å²) in [6.07, 6.45) is -1.35. The zero-order valence-corrected chi connectivity index (χ0v) is 24.1. The van der Waals surface area contributed by atoms with Gasteiger partial charge in [-0.3, -0.25) is 14.6 Å². The summed E-state index contributed by atoms with van der Waals surface area (Å²) in [7, 11) is 1.66. The molecule has 0 spiro atoms. The van der Waals surface area contributed by atoms with Gasteiger partial charge in [-0.05, 0) is 48.9 Å². The number of benzene rings is 1. The molecule has 1 aliphatic carbocycles. The van der Waals surface area contributed by atoms with E-state index >= 15 is 0 Å². The number of methoxy groups -OCH3 is 1. The molecule has 1 aromatic carbocycles. The number of carbonyl (C=O) groups is 2. The van der Waals surface area contributed by atoms with Gasteiger partial charge in [-0.25, -0.2) is 0 Å². The Bertz CT molecular complexity index is 1330. The van der Waals surface area contributed by atoms with E-state index in [2.05, 4.69) is 10.3 Å². The van der Waals surface area contributed by atoms with Crippen LogP contribution in [0.3, 0.4) is 0 Å². The van der Waals surface area contributed by atoms with Crippen molar-refractivity contribution < 1.29 is 37.0 Å². The molecule has 5 unspecified atom stereocenters. The van der Waals surface area contributed by atoms with Gasteiger partial charge in [-0.2, -0.15) is 13.2 Å². The molecule has 0 bridgehead atoms. The van der Waals surface area contributed by atoms with E-state index < -0.39 is 17.2 Å². The molecule has 0 radical (unpaired) electrons. The number of alkyl halides is 3. The van der Waals surface area contributed by atoms with E-state index in [9.17, 15) is 22.8 Å². The van der Waals surface area contributed by atoms with Crippen molar-refractivity contribution in [2.24, 2.45) is 11.3 Å². The first-order chi connectivity index (χ1) is 20.7. The summed E-state index contributed by atoms with van der Waals surface area (Å²) >= 11 is 0. The molecule has 3 aliphatic heterocycles. The van der Waals surface area contributed by atoms with Crippen molar-refractivity contribution in [3.05, 3.63) is 59.4 Å². The monoisotopic (exact) mass is 602 g/mol. The predicted molar refractivity (Wildman–Crippen MR) is 149 cm³/mol. The minimum Gasteiger partial charge on any atom is -0.484 e. The average molecular weight is 603 g/mol. The molecule has 2 saturated heterocycles. The van der Waals surface area contributed by atoms with Crippen molar-refractivity contribution in [1.82, 2.24) is 20.1 Å². The van der Waals surface area contributed by atoms with Gasteiger partial charge in [0.1, 0.15) is 5.75 Å². The van der Waals surface area contributed by atoms with E-state index in [1.165, 1.54) is 0 Å². The SMILES string of the molecule is COC1COCCC1NC1CC2CN(C(=O)COc3ccccc3)CC2(C(=O)N2CCc3ncc(C(F)(F)F)cc3C2)C1. The number of para-hydroxylation sites is 1. The summed E-state index contributed by atoms with van der Waals surface area (Å²) in [5, 5.41) is 3.72. The third kappa shape index (κ3) is 6.09. The fraction of sp³-hybridized carbons (Fsp3) is 0.581. The molecule has 2 aromatic rings. The van der Waals surface area contributed by atoms with Crippen LogP contribution in [0, 0.1) is 11.3 Å². The number of likely N-dealkylation sites (tertiary alicyclic amines) is 1. The van der Waals surface area contributed by atoms with Crippen LogP contribution < -0.4 is 10.1 Å². The maximum Gasteiger partial charge on any atom is 0.417 e. The van der Waals surface area contributed by atoms with Crippen LogP contribution in [0.4, 0.5) is 13.2 Å². The summed E-state index contributed by atoms with van der Waals surface area (Å²) in [6.45, 7) is 2.09. The van der Waals surface area contributed by atoms with E-state index in [0.29, 0.717) is 62.6 Å². The Kier molecular flexibility index (Phi) is 8.36. The average Bonchev–Trinajstić information content (AvgIpc) is 3.54. The van der Waals surface area contributed by atoms with E-state index in [1.54, 1.807) is 29.0 Å². The number of ether oxygens (including phenoxy) is 3. The largest absolute Gasteiger partial charge is 0.484 e. The summed E-state index contributed by atoms with van der Waals surface area (Å²) in [5.41, 5.74) is -0.659. The molecule has 1 aromatic heterocycles. The lowest BCUT2D eigenvalue weighted by molar-refractivity contribution is -0.144. The number of pyridine rings is 1. The van der Waals surface area contributed by atoms with Crippen LogP contribution in [-0.4, -0.2) is 91.4 Å². The number of hydrogen-bond acceptors (Lipinski definition) is 7. The second kappa shape index (κ2) is 12.0. The van der Waals surface area contributed by atoms with Crippen molar-refractivity contribution in [3.8, 4) is 5.75 Å². The molecule has 3 fully saturated rings. The molecule has 43 heavy (non-hydrogen) atoms. The second-order valence-corrected chi connectivity index (χ2v) is 12.1. The minimum absolute atomic E-state index is 0.0306. The smallest absolute Gasteiger partial charge is 0.417 e. The van der Waals surface area contributed by atoms with E-state index in [0.717, 1.165) is 18.7 Å². The number of rotatable bonds is 7. The molecule has 12 heteroatoms. The predicted octanol–water partition coefficient (Wildman–Crippen LogP) is 3.06. The van der Waals surface area contributed by atoms with Gasteiger partial charge in [0.25, 0.3) is 5.91 Å². The molecular formula is C31H37F3N4O5. The van der Waals surface area contributed by atoms with E-state index in [-0.39, 0.29) is 55.6 Å². The number of fused-ring (bicyclic) bond motifs is 2. The number of aromatic nitrogens is 1. The topological polar surface area (TPSA) is 93.2 Å². The molecular weight excluding hydrogens is 565 g/mol. The third-order valence-electron chi connectivity index (χ3n) is 9.47. The normalized spacial score (nSPS) is 28.8. The van der Waals surface area contributed by atoms with Gasteiger partial charge in [0, 0.05) is 70.3 Å². The lowest BCUT2D eigenvalue weighted by atomic mass is 9.78. The number of carbonyl (C=O) groups excluding carboxylic acids is 2. The van der Waals surface area contributed by atoms with Crippen LogP contribution in [-0.2, 0) is 38.2 Å². The quantitative estimate of drug-likeness (QED) is 0.521. The van der Waals surface area contributed by atoms with Crippen LogP contribution in [0.25, 0.3) is 0 Å². The first-order valence-corrected chi connectivity index (χ1v) is 14.8. The second-order valence-electron chi connectivity index (χ2n) is 12.1. The Hall–Kier alpha value is -3.22. The first kappa shape index (κ1) is 29.8. The van der Waals surface area contributed by atoms with Gasteiger partial charge in [0.15, 0.2) is 6.61 Å². The molecule has 6 rings (SSSR count). The van der Waals surface area contributed by atoms with Gasteiger partial charge >= 0.3 is 6.18 Å². The maximum absolute atomic E-state index is 14.4. The number of nitrogens with one attached hydrogen (secondary N) is 1.